The molecule has 1 N–H and O–H groups in total. The first-order valence-corrected chi connectivity index (χ1v) is 6.78. The molecule has 126 valence electrons. The van der Waals surface area contributed by atoms with Crippen molar-refractivity contribution in [2.24, 2.45) is 0 Å². The van der Waals surface area contributed by atoms with E-state index in [0.29, 0.717) is 6.07 Å². The lowest BCUT2D eigenvalue weighted by Crippen LogP contribution is -2.32. The molecule has 0 saturated carbocycles. The number of pyridine rings is 2. The molecular weight excluding hydrogens is 327 g/mol. The van der Waals surface area contributed by atoms with Gasteiger partial charge in [-0.25, -0.2) is 4.79 Å². The number of aromatic nitrogens is 2. The van der Waals surface area contributed by atoms with Crippen molar-refractivity contribution in [3.05, 3.63) is 53.6 Å². The molecule has 0 atom stereocenters. The van der Waals surface area contributed by atoms with E-state index < -0.39 is 23.7 Å². The molecule has 2 rings (SSSR count). The number of amides is 1. The normalized spacial score (nSPS) is 11.2. The molecule has 0 bridgehead atoms. The highest BCUT2D eigenvalue weighted by Crippen LogP contribution is 2.28. The lowest BCUT2D eigenvalue weighted by atomic mass is 10.1. The molecule has 1 amide bonds. The summed E-state index contributed by atoms with van der Waals surface area (Å²) in [5.74, 6) is -1.93. The van der Waals surface area contributed by atoms with Crippen molar-refractivity contribution in [2.45, 2.75) is 13.1 Å². The molecule has 0 aliphatic rings. The van der Waals surface area contributed by atoms with Crippen molar-refractivity contribution in [2.75, 3.05) is 11.4 Å². The second-order valence-corrected chi connectivity index (χ2v) is 4.68. The van der Waals surface area contributed by atoms with Crippen LogP contribution in [0.15, 0.2) is 36.8 Å². The predicted octanol–water partition coefficient (Wildman–Crippen LogP) is 2.86. The van der Waals surface area contributed by atoms with Gasteiger partial charge in [-0.05, 0) is 25.1 Å². The fourth-order valence-corrected chi connectivity index (χ4v) is 2.05. The maximum Gasteiger partial charge on any atom is 0.433 e. The van der Waals surface area contributed by atoms with E-state index in [-0.39, 0.29) is 23.4 Å². The van der Waals surface area contributed by atoms with Crippen molar-refractivity contribution in [3.63, 3.8) is 0 Å². The van der Waals surface area contributed by atoms with Crippen molar-refractivity contribution in [1.29, 1.82) is 0 Å². The summed E-state index contributed by atoms with van der Waals surface area (Å²) in [6.45, 7) is 1.73. The first-order chi connectivity index (χ1) is 11.3. The number of carboxylic acid groups (broad SMARTS) is 1. The van der Waals surface area contributed by atoms with Gasteiger partial charge >= 0.3 is 12.1 Å². The van der Waals surface area contributed by atoms with Crippen LogP contribution in [-0.4, -0.2) is 33.5 Å². The second-order valence-electron chi connectivity index (χ2n) is 4.68. The van der Waals surface area contributed by atoms with Gasteiger partial charge < -0.3 is 10.0 Å². The molecule has 0 aliphatic heterocycles. The number of halogens is 3. The van der Waals surface area contributed by atoms with E-state index in [1.165, 1.54) is 12.3 Å². The number of carbonyl (C=O) groups is 2. The summed E-state index contributed by atoms with van der Waals surface area (Å²) in [5, 5.41) is 9.17. The van der Waals surface area contributed by atoms with Crippen LogP contribution >= 0.6 is 0 Å². The minimum absolute atomic E-state index is 0.0852. The third kappa shape index (κ3) is 3.50. The molecule has 0 radical (unpaired) electrons. The summed E-state index contributed by atoms with van der Waals surface area (Å²) in [4.78, 5) is 31.8. The quantitative estimate of drug-likeness (QED) is 0.926. The monoisotopic (exact) mass is 339 g/mol. The number of rotatable bonds is 4. The molecule has 0 unspecified atom stereocenters. The fraction of sp³-hybridized carbons (Fsp3) is 0.200. The summed E-state index contributed by atoms with van der Waals surface area (Å²) in [6, 6.07) is 3.05. The Balaban J connectivity index is 2.38. The molecule has 0 fully saturated rings. The van der Waals surface area contributed by atoms with Crippen molar-refractivity contribution in [1.82, 2.24) is 9.97 Å². The Morgan fingerprint density at radius 2 is 1.92 bits per heavy atom. The zero-order valence-electron chi connectivity index (χ0n) is 12.4. The SMILES string of the molecule is CCN(C(=O)c1ccc(C(F)(F)F)nc1)c1ccncc1C(=O)O. The highest BCUT2D eigenvalue weighted by atomic mass is 19.4. The van der Waals surface area contributed by atoms with Crippen molar-refractivity contribution in [3.8, 4) is 0 Å². The molecule has 0 aromatic carbocycles. The minimum atomic E-state index is -4.60. The smallest absolute Gasteiger partial charge is 0.433 e. The van der Waals surface area contributed by atoms with Gasteiger partial charge in [0, 0.05) is 25.1 Å². The highest BCUT2D eigenvalue weighted by Gasteiger charge is 2.32. The molecule has 0 spiro atoms. The van der Waals surface area contributed by atoms with E-state index in [0.717, 1.165) is 23.4 Å². The van der Waals surface area contributed by atoms with Crippen LogP contribution in [0.5, 0.6) is 0 Å². The number of hydrogen-bond donors (Lipinski definition) is 1. The second kappa shape index (κ2) is 6.65. The number of hydrogen-bond acceptors (Lipinski definition) is 4. The summed E-state index contributed by atoms with van der Waals surface area (Å²) < 4.78 is 37.6. The van der Waals surface area contributed by atoms with E-state index in [1.54, 1.807) is 6.92 Å². The number of aromatic carboxylic acids is 1. The molecular formula is C15H12F3N3O3. The summed E-state index contributed by atoms with van der Waals surface area (Å²) in [5.41, 5.74) is -1.28. The van der Waals surface area contributed by atoms with Crippen LogP contribution in [0.4, 0.5) is 18.9 Å². The van der Waals surface area contributed by atoms with Crippen molar-refractivity contribution < 1.29 is 27.9 Å². The molecule has 9 heteroatoms. The Bertz CT molecular complexity index is 761. The molecule has 2 aromatic heterocycles. The van der Waals surface area contributed by atoms with Gasteiger partial charge in [0.15, 0.2) is 0 Å². The summed E-state index contributed by atoms with van der Waals surface area (Å²) >= 11 is 0. The van der Waals surface area contributed by atoms with Gasteiger partial charge in [0.25, 0.3) is 5.91 Å². The Kier molecular flexibility index (Phi) is 4.82. The van der Waals surface area contributed by atoms with Gasteiger partial charge in [-0.1, -0.05) is 0 Å². The lowest BCUT2D eigenvalue weighted by molar-refractivity contribution is -0.141. The van der Waals surface area contributed by atoms with E-state index in [9.17, 15) is 27.9 Å². The first kappa shape index (κ1) is 17.4. The number of anilines is 1. The number of carbonyl (C=O) groups excluding carboxylic acids is 1. The van der Waals surface area contributed by atoms with E-state index in [2.05, 4.69) is 9.97 Å². The van der Waals surface area contributed by atoms with E-state index in [4.69, 9.17) is 0 Å². The molecule has 0 saturated heterocycles. The van der Waals surface area contributed by atoms with Gasteiger partial charge in [0.1, 0.15) is 11.3 Å². The van der Waals surface area contributed by atoms with Crippen LogP contribution in [0.3, 0.4) is 0 Å². The Hall–Kier alpha value is -2.97. The number of carboxylic acids is 1. The molecule has 24 heavy (non-hydrogen) atoms. The average molecular weight is 339 g/mol. The zero-order valence-corrected chi connectivity index (χ0v) is 12.4. The molecule has 6 nitrogen and oxygen atoms in total. The lowest BCUT2D eigenvalue weighted by Gasteiger charge is -2.22. The van der Waals surface area contributed by atoms with Crippen molar-refractivity contribution >= 4 is 17.6 Å². The Labute approximate surface area is 134 Å². The fourth-order valence-electron chi connectivity index (χ4n) is 2.05. The van der Waals surface area contributed by atoms with Gasteiger partial charge in [-0.15, -0.1) is 0 Å². The molecule has 0 aliphatic carbocycles. The third-order valence-corrected chi connectivity index (χ3v) is 3.18. The average Bonchev–Trinajstić information content (AvgIpc) is 2.55. The molecule has 2 heterocycles. The number of nitrogens with zero attached hydrogens (tertiary/aromatic N) is 3. The summed E-state index contributed by atoms with van der Waals surface area (Å²) in [6.07, 6.45) is -1.37. The zero-order chi connectivity index (χ0) is 17.9. The topological polar surface area (TPSA) is 83.4 Å². The van der Waals surface area contributed by atoms with Gasteiger partial charge in [0.2, 0.25) is 0 Å². The summed E-state index contributed by atoms with van der Waals surface area (Å²) in [7, 11) is 0. The van der Waals surface area contributed by atoms with Gasteiger partial charge in [0.05, 0.1) is 11.3 Å². The highest BCUT2D eigenvalue weighted by molar-refractivity contribution is 6.09. The van der Waals surface area contributed by atoms with Crippen LogP contribution < -0.4 is 4.90 Å². The minimum Gasteiger partial charge on any atom is -0.478 e. The van der Waals surface area contributed by atoms with Crippen LogP contribution in [-0.2, 0) is 6.18 Å². The van der Waals surface area contributed by atoms with Gasteiger partial charge in [-0.3, -0.25) is 14.8 Å². The van der Waals surface area contributed by atoms with E-state index >= 15 is 0 Å². The maximum atomic E-state index is 12.5. The van der Waals surface area contributed by atoms with Crippen LogP contribution in [0, 0.1) is 0 Å². The number of alkyl halides is 3. The largest absolute Gasteiger partial charge is 0.478 e. The third-order valence-electron chi connectivity index (χ3n) is 3.18. The predicted molar refractivity (Wildman–Crippen MR) is 77.8 cm³/mol. The van der Waals surface area contributed by atoms with Crippen LogP contribution in [0.25, 0.3) is 0 Å². The van der Waals surface area contributed by atoms with Crippen LogP contribution in [0.2, 0.25) is 0 Å². The van der Waals surface area contributed by atoms with Gasteiger partial charge in [-0.2, -0.15) is 13.2 Å². The molecule has 2 aromatic rings. The van der Waals surface area contributed by atoms with E-state index in [1.807, 2.05) is 0 Å². The standard InChI is InChI=1S/C15H12F3N3O3/c1-2-21(11-5-6-19-8-10(11)14(23)24)13(22)9-3-4-12(20-7-9)15(16,17)18/h3-8H,2H2,1H3,(H,23,24). The van der Waals surface area contributed by atoms with Crippen LogP contribution in [0.1, 0.15) is 33.3 Å². The maximum absolute atomic E-state index is 12.5. The Morgan fingerprint density at radius 1 is 1.21 bits per heavy atom. The Morgan fingerprint density at radius 3 is 2.42 bits per heavy atom. The first-order valence-electron chi connectivity index (χ1n) is 6.78.